The number of nitrogens with zero attached hydrogens (tertiary/aromatic N) is 1. The van der Waals surface area contributed by atoms with E-state index in [1.54, 1.807) is 38.2 Å². The molecule has 0 aliphatic rings. The predicted octanol–water partition coefficient (Wildman–Crippen LogP) is 8.49. The van der Waals surface area contributed by atoms with Crippen LogP contribution in [-0.4, -0.2) is 98.9 Å². The third-order valence-electron chi connectivity index (χ3n) is 7.72. The van der Waals surface area contributed by atoms with Crippen molar-refractivity contribution in [3.63, 3.8) is 0 Å². The van der Waals surface area contributed by atoms with Crippen molar-refractivity contribution in [2.45, 2.75) is 38.5 Å². The molecule has 0 spiro atoms. The summed E-state index contributed by atoms with van der Waals surface area (Å²) < 4.78 is 63.9. The first-order chi connectivity index (χ1) is 24.7. The highest BCUT2D eigenvalue weighted by atomic mass is 35.6. The number of rotatable bonds is 21. The molecule has 0 fully saturated rings. The smallest absolute Gasteiger partial charge is 0.374 e. The van der Waals surface area contributed by atoms with Crippen molar-refractivity contribution in [1.82, 2.24) is 4.90 Å². The SMILES string of the molecule is COc1cccc(CCc2ccccc2OC[C@@H](CN(C)C)[C@@H](CC(=O)O[C@@H](C(Cl)(Cl)Cl)P(=O)(OC)OC)C(=O)O[C@@H](C(Cl)(Cl)Cl)P(=O)(OC)OC)c1. The Morgan fingerprint density at radius 2 is 1.30 bits per heavy atom. The number of para-hydroxylation sites is 1. The van der Waals surface area contributed by atoms with Crippen LogP contribution in [0.3, 0.4) is 0 Å². The normalized spacial score (nSPS) is 15.0. The van der Waals surface area contributed by atoms with Gasteiger partial charge in [0.25, 0.3) is 0 Å². The molecule has 0 saturated carbocycles. The molecule has 53 heavy (non-hydrogen) atoms. The van der Waals surface area contributed by atoms with Crippen LogP contribution in [0, 0.1) is 11.8 Å². The highest BCUT2D eigenvalue weighted by Gasteiger charge is 2.54. The van der Waals surface area contributed by atoms with E-state index in [-0.39, 0.29) is 13.2 Å². The molecule has 2 rings (SSSR count). The summed E-state index contributed by atoms with van der Waals surface area (Å²) >= 11 is 36.4. The Morgan fingerprint density at radius 3 is 1.81 bits per heavy atom. The Balaban J connectivity index is 2.55. The first-order valence-corrected chi connectivity index (χ1v) is 21.1. The second-order valence-electron chi connectivity index (χ2n) is 11.6. The molecule has 300 valence electrons. The third kappa shape index (κ3) is 14.5. The lowest BCUT2D eigenvalue weighted by Gasteiger charge is -2.33. The highest BCUT2D eigenvalue weighted by molar-refractivity contribution is 7.55. The van der Waals surface area contributed by atoms with E-state index in [2.05, 4.69) is 0 Å². The van der Waals surface area contributed by atoms with Crippen molar-refractivity contribution in [3.05, 3.63) is 59.7 Å². The van der Waals surface area contributed by atoms with Gasteiger partial charge in [0.05, 0.1) is 26.1 Å². The first-order valence-electron chi connectivity index (χ1n) is 15.6. The predicted molar refractivity (Wildman–Crippen MR) is 206 cm³/mol. The van der Waals surface area contributed by atoms with Crippen LogP contribution in [-0.2, 0) is 59.1 Å². The Hall–Kier alpha value is -1.02. The minimum Gasteiger partial charge on any atom is -0.497 e. The molecule has 2 aromatic rings. The average molecular weight is 908 g/mol. The molecular weight excluding hydrogens is 865 g/mol. The van der Waals surface area contributed by atoms with Gasteiger partial charge in [-0.2, -0.15) is 0 Å². The van der Waals surface area contributed by atoms with Gasteiger partial charge in [-0.1, -0.05) is 99.9 Å². The van der Waals surface area contributed by atoms with Gasteiger partial charge >= 0.3 is 27.1 Å². The number of esters is 2. The van der Waals surface area contributed by atoms with E-state index in [0.717, 1.165) is 45.3 Å². The van der Waals surface area contributed by atoms with Crippen LogP contribution in [0.15, 0.2) is 48.5 Å². The third-order valence-corrected chi connectivity index (χ3v) is 14.0. The van der Waals surface area contributed by atoms with Crippen LogP contribution in [0.4, 0.5) is 0 Å². The summed E-state index contributed by atoms with van der Waals surface area (Å²) in [5, 5.41) is 0. The summed E-state index contributed by atoms with van der Waals surface area (Å²) in [6.07, 6.45) is 0.457. The minimum atomic E-state index is -4.41. The maximum Gasteiger partial charge on any atom is 0.374 e. The summed E-state index contributed by atoms with van der Waals surface area (Å²) in [4.78, 5) is 29.4. The molecule has 4 atom stereocenters. The largest absolute Gasteiger partial charge is 0.497 e. The topological polar surface area (TPSA) is 145 Å². The lowest BCUT2D eigenvalue weighted by atomic mass is 9.89. The van der Waals surface area contributed by atoms with Gasteiger partial charge < -0.3 is 41.9 Å². The van der Waals surface area contributed by atoms with Crippen LogP contribution in [0.1, 0.15) is 17.5 Å². The van der Waals surface area contributed by atoms with Crippen molar-refractivity contribution < 1.29 is 55.8 Å². The van der Waals surface area contributed by atoms with E-state index >= 15 is 0 Å². The molecule has 21 heteroatoms. The molecule has 0 bridgehead atoms. The van der Waals surface area contributed by atoms with Gasteiger partial charge in [0.15, 0.2) is 0 Å². The number of carbonyl (C=O) groups is 2. The number of methoxy groups -OCH3 is 1. The number of hydrogen-bond acceptors (Lipinski definition) is 13. The van der Waals surface area contributed by atoms with Gasteiger partial charge in [0.2, 0.25) is 19.3 Å². The Bertz CT molecular complexity index is 1580. The van der Waals surface area contributed by atoms with Gasteiger partial charge in [-0.05, 0) is 56.3 Å². The van der Waals surface area contributed by atoms with Crippen molar-refractivity contribution in [2.24, 2.45) is 11.8 Å². The van der Waals surface area contributed by atoms with E-state index in [9.17, 15) is 18.7 Å². The maximum absolute atomic E-state index is 14.1. The Kier molecular flexibility index (Phi) is 19.5. The van der Waals surface area contributed by atoms with E-state index in [1.807, 2.05) is 36.4 Å². The van der Waals surface area contributed by atoms with Gasteiger partial charge in [-0.25, -0.2) is 0 Å². The van der Waals surface area contributed by atoms with Gasteiger partial charge in [-0.3, -0.25) is 18.7 Å². The molecule has 0 N–H and O–H groups in total. The monoisotopic (exact) mass is 905 g/mol. The van der Waals surface area contributed by atoms with E-state index in [4.69, 9.17) is 107 Å². The lowest BCUT2D eigenvalue weighted by molar-refractivity contribution is -0.160. The van der Waals surface area contributed by atoms with E-state index in [1.165, 1.54) is 0 Å². The molecule has 0 unspecified atom stereocenters. The molecule has 0 aliphatic heterocycles. The second kappa shape index (κ2) is 21.5. The van der Waals surface area contributed by atoms with Gasteiger partial charge in [0, 0.05) is 40.9 Å². The number of hydrogen-bond donors (Lipinski definition) is 0. The number of alkyl halides is 6. The molecule has 0 aliphatic carbocycles. The maximum atomic E-state index is 14.1. The zero-order valence-corrected chi connectivity index (χ0v) is 36.3. The molecule has 0 saturated heterocycles. The molecule has 0 aromatic heterocycles. The van der Waals surface area contributed by atoms with Crippen LogP contribution in [0.5, 0.6) is 11.5 Å². The fraction of sp³-hybridized carbons (Fsp3) is 0.562. The second-order valence-corrected chi connectivity index (χ2v) is 20.9. The zero-order valence-electron chi connectivity index (χ0n) is 30.0. The van der Waals surface area contributed by atoms with Gasteiger partial charge in [-0.15, -0.1) is 0 Å². The van der Waals surface area contributed by atoms with E-state index in [0.29, 0.717) is 18.6 Å². The van der Waals surface area contributed by atoms with Crippen LogP contribution < -0.4 is 9.47 Å². The summed E-state index contributed by atoms with van der Waals surface area (Å²) in [5.74, 6) is -7.63. The quantitative estimate of drug-likeness (QED) is 0.0671. The summed E-state index contributed by atoms with van der Waals surface area (Å²) in [7, 11) is 0.272. The molecule has 2 aromatic carbocycles. The number of halogens is 6. The van der Waals surface area contributed by atoms with Crippen molar-refractivity contribution >= 4 is 96.7 Å². The van der Waals surface area contributed by atoms with Crippen LogP contribution >= 0.6 is 84.8 Å². The molecule has 13 nitrogen and oxygen atoms in total. The highest BCUT2D eigenvalue weighted by Crippen LogP contribution is 2.61. The summed E-state index contributed by atoms with van der Waals surface area (Å²) in [5.41, 5.74) is 1.90. The number of ether oxygens (including phenoxy) is 4. The summed E-state index contributed by atoms with van der Waals surface area (Å²) in [6.45, 7) is -0.0548. The number of benzene rings is 2. The minimum absolute atomic E-state index is 0.117. The fourth-order valence-electron chi connectivity index (χ4n) is 5.07. The average Bonchev–Trinajstić information content (AvgIpc) is 3.11. The van der Waals surface area contributed by atoms with Gasteiger partial charge in [0.1, 0.15) is 11.5 Å². The zero-order chi connectivity index (χ0) is 40.2. The number of aryl methyl sites for hydroxylation is 2. The van der Waals surface area contributed by atoms with E-state index < -0.39 is 64.7 Å². The molecule has 0 amide bonds. The van der Waals surface area contributed by atoms with Crippen LogP contribution in [0.2, 0.25) is 0 Å². The molecule has 0 radical (unpaired) electrons. The fourth-order valence-corrected chi connectivity index (χ4v) is 9.74. The summed E-state index contributed by atoms with van der Waals surface area (Å²) in [6, 6.07) is 15.0. The van der Waals surface area contributed by atoms with Crippen LogP contribution in [0.25, 0.3) is 0 Å². The number of carbonyl (C=O) groups excluding carboxylic acids is 2. The van der Waals surface area contributed by atoms with Crippen molar-refractivity contribution in [3.8, 4) is 11.5 Å². The van der Waals surface area contributed by atoms with Crippen molar-refractivity contribution in [2.75, 3.05) is 62.8 Å². The first kappa shape index (κ1) is 48.1. The Morgan fingerprint density at radius 1 is 0.755 bits per heavy atom. The molecular formula is C32H43Cl6NO12P2. The Labute approximate surface area is 340 Å². The van der Waals surface area contributed by atoms with Crippen molar-refractivity contribution in [1.29, 1.82) is 0 Å². The lowest BCUT2D eigenvalue weighted by Crippen LogP contribution is -2.42. The standard InChI is InChI=1S/C32H43Cl6NO12P2/c1-39(2)19-23(20-49-26-14-9-8-12-22(26)16-15-21-11-10-13-24(17-21)44-3)25(28(41)51-30(32(36,37)38)53(43,47-6)48-7)18-27(40)50-29(31(33,34)35)52(42,45-4)46-5/h8-14,17,23,25,29-30H,15-16,18-20H2,1-7H3/t23-,25-,29-,30-/m1/s1. The molecule has 0 heterocycles.